The topological polar surface area (TPSA) is 86.8 Å². The van der Waals surface area contributed by atoms with Gasteiger partial charge in [0.1, 0.15) is 6.04 Å². The number of nitrogens with one attached hydrogen (secondary N) is 1. The SMILES string of the molecule is CC[C@@H](C)NC(=O)[C@@H](Cc1ccccc1)N(Cc1cccc(C)c1)C(=O)CCCN(c1ccccc1C)S(C)(=O)=O. The molecule has 0 aliphatic carbocycles. The summed E-state index contributed by atoms with van der Waals surface area (Å²) in [6.07, 6.45) is 2.75. The van der Waals surface area contributed by atoms with Crippen molar-refractivity contribution >= 4 is 27.5 Å². The van der Waals surface area contributed by atoms with E-state index in [0.717, 1.165) is 28.7 Å². The summed E-state index contributed by atoms with van der Waals surface area (Å²) in [5.74, 6) is -0.383. The molecule has 0 aliphatic rings. The molecule has 0 fully saturated rings. The van der Waals surface area contributed by atoms with E-state index in [1.165, 1.54) is 10.6 Å². The van der Waals surface area contributed by atoms with Crippen LogP contribution in [0.1, 0.15) is 55.4 Å². The molecule has 0 aliphatic heterocycles. The number of anilines is 1. The normalized spacial score (nSPS) is 12.8. The van der Waals surface area contributed by atoms with Crippen LogP contribution in [-0.4, -0.2) is 50.0 Å². The molecule has 3 aromatic rings. The largest absolute Gasteiger partial charge is 0.352 e. The minimum atomic E-state index is -3.55. The Morgan fingerprint density at radius 2 is 1.56 bits per heavy atom. The molecule has 3 aromatic carbocycles. The number of hydrogen-bond donors (Lipinski definition) is 1. The van der Waals surface area contributed by atoms with Crippen LogP contribution in [0.15, 0.2) is 78.9 Å². The summed E-state index contributed by atoms with van der Waals surface area (Å²) in [6, 6.07) is 24.2. The second-order valence-corrected chi connectivity index (χ2v) is 12.7. The van der Waals surface area contributed by atoms with Gasteiger partial charge in [0.15, 0.2) is 0 Å². The molecule has 1 N–H and O–H groups in total. The van der Waals surface area contributed by atoms with Gasteiger partial charge in [-0.2, -0.15) is 0 Å². The first-order valence-electron chi connectivity index (χ1n) is 14.2. The molecule has 0 heterocycles. The van der Waals surface area contributed by atoms with Crippen LogP contribution in [0.2, 0.25) is 0 Å². The summed E-state index contributed by atoms with van der Waals surface area (Å²) in [5.41, 5.74) is 4.41. The van der Waals surface area contributed by atoms with E-state index in [0.29, 0.717) is 18.5 Å². The molecular weight excluding hydrogens is 534 g/mol. The number of aryl methyl sites for hydroxylation is 2. The molecule has 0 spiro atoms. The second-order valence-electron chi connectivity index (χ2n) is 10.8. The van der Waals surface area contributed by atoms with Gasteiger partial charge in [-0.25, -0.2) is 8.42 Å². The Balaban J connectivity index is 1.90. The van der Waals surface area contributed by atoms with E-state index in [9.17, 15) is 18.0 Å². The Bertz CT molecular complexity index is 1410. The summed E-state index contributed by atoms with van der Waals surface area (Å²) < 4.78 is 26.7. The average Bonchev–Trinajstić information content (AvgIpc) is 2.93. The van der Waals surface area contributed by atoms with Crippen LogP contribution < -0.4 is 9.62 Å². The third-order valence-electron chi connectivity index (χ3n) is 7.24. The van der Waals surface area contributed by atoms with E-state index in [-0.39, 0.29) is 37.4 Å². The zero-order valence-electron chi connectivity index (χ0n) is 24.8. The van der Waals surface area contributed by atoms with E-state index < -0.39 is 16.1 Å². The molecule has 220 valence electrons. The lowest BCUT2D eigenvalue weighted by Crippen LogP contribution is -2.52. The minimum Gasteiger partial charge on any atom is -0.352 e. The highest BCUT2D eigenvalue weighted by molar-refractivity contribution is 7.92. The lowest BCUT2D eigenvalue weighted by molar-refractivity contribution is -0.141. The standard InChI is InChI=1S/C33H43N3O4S/c1-6-27(4)34-33(38)31(23-28-16-8-7-9-17-28)35(24-29-18-12-14-25(2)22-29)32(37)20-13-21-36(41(5,39)40)30-19-11-10-15-26(30)3/h7-12,14-19,22,27,31H,6,13,20-21,23-24H2,1-5H3,(H,34,38)/t27-,31-/m1/s1. The van der Waals surface area contributed by atoms with Gasteiger partial charge in [-0.1, -0.05) is 85.3 Å². The highest BCUT2D eigenvalue weighted by atomic mass is 32.2. The van der Waals surface area contributed by atoms with Crippen molar-refractivity contribution in [2.24, 2.45) is 0 Å². The Kier molecular flexibility index (Phi) is 11.5. The van der Waals surface area contributed by atoms with Crippen LogP contribution in [0.5, 0.6) is 0 Å². The number of sulfonamides is 1. The monoisotopic (exact) mass is 577 g/mol. The van der Waals surface area contributed by atoms with Crippen molar-refractivity contribution < 1.29 is 18.0 Å². The highest BCUT2D eigenvalue weighted by Crippen LogP contribution is 2.23. The van der Waals surface area contributed by atoms with Crippen LogP contribution in [0.25, 0.3) is 0 Å². The van der Waals surface area contributed by atoms with Crippen molar-refractivity contribution in [1.29, 1.82) is 0 Å². The quantitative estimate of drug-likeness (QED) is 0.278. The molecule has 0 saturated heterocycles. The molecule has 0 aromatic heterocycles. The van der Waals surface area contributed by atoms with Gasteiger partial charge in [0.2, 0.25) is 21.8 Å². The van der Waals surface area contributed by atoms with Gasteiger partial charge in [-0.3, -0.25) is 13.9 Å². The number of hydrogen-bond acceptors (Lipinski definition) is 4. The van der Waals surface area contributed by atoms with Gasteiger partial charge in [0.25, 0.3) is 0 Å². The van der Waals surface area contributed by atoms with Crippen LogP contribution in [0.4, 0.5) is 5.69 Å². The zero-order valence-corrected chi connectivity index (χ0v) is 25.7. The molecule has 0 bridgehead atoms. The van der Waals surface area contributed by atoms with Gasteiger partial charge in [0, 0.05) is 32.0 Å². The van der Waals surface area contributed by atoms with E-state index >= 15 is 0 Å². The Morgan fingerprint density at radius 1 is 0.902 bits per heavy atom. The van der Waals surface area contributed by atoms with Crippen LogP contribution in [-0.2, 0) is 32.6 Å². The second kappa shape index (κ2) is 14.8. The first kappa shape index (κ1) is 31.9. The summed E-state index contributed by atoms with van der Waals surface area (Å²) in [6.45, 7) is 8.27. The average molecular weight is 578 g/mol. The molecule has 2 amide bonds. The fourth-order valence-electron chi connectivity index (χ4n) is 4.83. The van der Waals surface area contributed by atoms with Gasteiger partial charge < -0.3 is 10.2 Å². The third kappa shape index (κ3) is 9.46. The van der Waals surface area contributed by atoms with Gasteiger partial charge in [-0.15, -0.1) is 0 Å². The summed E-state index contributed by atoms with van der Waals surface area (Å²) in [4.78, 5) is 29.3. The van der Waals surface area contributed by atoms with E-state index in [1.807, 2.05) is 94.4 Å². The predicted molar refractivity (Wildman–Crippen MR) is 166 cm³/mol. The summed E-state index contributed by atoms with van der Waals surface area (Å²) >= 11 is 0. The first-order chi connectivity index (χ1) is 19.5. The fraction of sp³-hybridized carbons (Fsp3) is 0.394. The first-order valence-corrected chi connectivity index (χ1v) is 16.1. The maximum atomic E-state index is 13.9. The minimum absolute atomic E-state index is 0.0332. The molecule has 0 unspecified atom stereocenters. The van der Waals surface area contributed by atoms with Crippen LogP contribution in [0, 0.1) is 13.8 Å². The Morgan fingerprint density at radius 3 is 2.20 bits per heavy atom. The zero-order chi connectivity index (χ0) is 30.0. The molecule has 0 saturated carbocycles. The third-order valence-corrected chi connectivity index (χ3v) is 8.42. The van der Waals surface area contributed by atoms with Crippen molar-refractivity contribution in [2.45, 2.75) is 72.0 Å². The molecule has 2 atom stereocenters. The van der Waals surface area contributed by atoms with E-state index in [4.69, 9.17) is 0 Å². The number of carbonyl (C=O) groups excluding carboxylic acids is 2. The molecule has 3 rings (SSSR count). The number of para-hydroxylation sites is 1. The summed E-state index contributed by atoms with van der Waals surface area (Å²) in [7, 11) is -3.55. The van der Waals surface area contributed by atoms with E-state index in [1.54, 1.807) is 17.0 Å². The maximum absolute atomic E-state index is 13.9. The van der Waals surface area contributed by atoms with Gasteiger partial charge >= 0.3 is 0 Å². The number of carbonyl (C=O) groups is 2. The lowest BCUT2D eigenvalue weighted by Gasteiger charge is -2.33. The number of benzene rings is 3. The smallest absolute Gasteiger partial charge is 0.243 e. The molecule has 8 heteroatoms. The summed E-state index contributed by atoms with van der Waals surface area (Å²) in [5, 5.41) is 3.08. The predicted octanol–water partition coefficient (Wildman–Crippen LogP) is 5.40. The van der Waals surface area contributed by atoms with Crippen molar-refractivity contribution in [1.82, 2.24) is 10.2 Å². The number of nitrogens with zero attached hydrogens (tertiary/aromatic N) is 2. The molecule has 7 nitrogen and oxygen atoms in total. The van der Waals surface area contributed by atoms with Crippen LogP contribution >= 0.6 is 0 Å². The fourth-order valence-corrected chi connectivity index (χ4v) is 5.85. The number of rotatable bonds is 14. The Hall–Kier alpha value is -3.65. The Labute approximate surface area is 245 Å². The molecular formula is C33H43N3O4S. The van der Waals surface area contributed by atoms with E-state index in [2.05, 4.69) is 5.32 Å². The lowest BCUT2D eigenvalue weighted by atomic mass is 10.0. The van der Waals surface area contributed by atoms with Crippen molar-refractivity contribution in [3.63, 3.8) is 0 Å². The van der Waals surface area contributed by atoms with Crippen molar-refractivity contribution in [2.75, 3.05) is 17.1 Å². The van der Waals surface area contributed by atoms with Crippen molar-refractivity contribution in [3.8, 4) is 0 Å². The number of amides is 2. The molecule has 41 heavy (non-hydrogen) atoms. The van der Waals surface area contributed by atoms with Crippen LogP contribution in [0.3, 0.4) is 0 Å². The van der Waals surface area contributed by atoms with Crippen molar-refractivity contribution in [3.05, 3.63) is 101 Å². The van der Waals surface area contributed by atoms with Gasteiger partial charge in [0.05, 0.1) is 11.9 Å². The molecule has 0 radical (unpaired) electrons. The van der Waals surface area contributed by atoms with Gasteiger partial charge in [-0.05, 0) is 56.4 Å². The maximum Gasteiger partial charge on any atom is 0.243 e. The highest BCUT2D eigenvalue weighted by Gasteiger charge is 2.31.